The number of nitrogens with two attached hydrogens (primary N) is 1. The zero-order valence-corrected chi connectivity index (χ0v) is 12.7. The lowest BCUT2D eigenvalue weighted by Gasteiger charge is -2.35. The van der Waals surface area contributed by atoms with Gasteiger partial charge in [0, 0.05) is 25.2 Å². The van der Waals surface area contributed by atoms with Crippen LogP contribution in [0.25, 0.3) is 0 Å². The summed E-state index contributed by atoms with van der Waals surface area (Å²) in [6.45, 7) is 8.54. The molecule has 0 radical (unpaired) electrons. The van der Waals surface area contributed by atoms with E-state index in [-0.39, 0.29) is 17.4 Å². The van der Waals surface area contributed by atoms with Gasteiger partial charge in [-0.3, -0.25) is 4.79 Å². The molecular weight excluding hydrogens is 236 g/mol. The molecule has 1 aromatic rings. The molecule has 3 heteroatoms. The van der Waals surface area contributed by atoms with Crippen LogP contribution in [-0.4, -0.2) is 23.9 Å². The number of hydrogen-bond acceptors (Lipinski definition) is 2. The lowest BCUT2D eigenvalue weighted by molar-refractivity contribution is -0.133. The van der Waals surface area contributed by atoms with Crippen LogP contribution in [0.5, 0.6) is 0 Å². The maximum atomic E-state index is 12.2. The quantitative estimate of drug-likeness (QED) is 0.848. The van der Waals surface area contributed by atoms with E-state index in [1.54, 1.807) is 0 Å². The van der Waals surface area contributed by atoms with Crippen LogP contribution < -0.4 is 5.73 Å². The Morgan fingerprint density at radius 1 is 1.32 bits per heavy atom. The molecule has 1 unspecified atom stereocenters. The van der Waals surface area contributed by atoms with E-state index in [9.17, 15) is 4.79 Å². The van der Waals surface area contributed by atoms with Gasteiger partial charge in [0.1, 0.15) is 0 Å². The molecule has 0 fully saturated rings. The highest BCUT2D eigenvalue weighted by molar-refractivity contribution is 5.76. The van der Waals surface area contributed by atoms with Crippen molar-refractivity contribution in [3.05, 3.63) is 29.8 Å². The number of hydrogen-bond donors (Lipinski definition) is 1. The van der Waals surface area contributed by atoms with Crippen molar-refractivity contribution in [3.8, 4) is 0 Å². The molecule has 0 aliphatic heterocycles. The van der Waals surface area contributed by atoms with Crippen LogP contribution in [0.2, 0.25) is 0 Å². The molecule has 0 heterocycles. The number of aryl methyl sites for hydroxylation is 1. The van der Waals surface area contributed by atoms with Crippen LogP contribution in [0.3, 0.4) is 0 Å². The zero-order chi connectivity index (χ0) is 14.6. The van der Waals surface area contributed by atoms with E-state index in [1.807, 2.05) is 36.2 Å². The van der Waals surface area contributed by atoms with E-state index >= 15 is 0 Å². The molecule has 1 amide bonds. The fourth-order valence-electron chi connectivity index (χ4n) is 1.98. The van der Waals surface area contributed by atoms with Crippen LogP contribution in [0.4, 0.5) is 5.69 Å². The van der Waals surface area contributed by atoms with Crippen molar-refractivity contribution < 1.29 is 4.79 Å². The first-order valence-electron chi connectivity index (χ1n) is 6.82. The summed E-state index contributed by atoms with van der Waals surface area (Å²) in [6.07, 6.45) is 1.21. The Morgan fingerprint density at radius 3 is 2.42 bits per heavy atom. The van der Waals surface area contributed by atoms with Crippen molar-refractivity contribution in [2.75, 3.05) is 12.8 Å². The standard InChI is InChI=1S/C16H26N2O/c1-12(16(2,3)4)18(5)15(19)11-10-13-8-6-7-9-14(13)17/h6-9,12H,10-11,17H2,1-5H3. The largest absolute Gasteiger partial charge is 0.399 e. The Kier molecular flexibility index (Phi) is 4.98. The summed E-state index contributed by atoms with van der Waals surface area (Å²) in [4.78, 5) is 14.0. The Hall–Kier alpha value is -1.51. The molecule has 0 aliphatic carbocycles. The van der Waals surface area contributed by atoms with Gasteiger partial charge in [0.25, 0.3) is 0 Å². The molecule has 106 valence electrons. The summed E-state index contributed by atoms with van der Waals surface area (Å²) in [5.41, 5.74) is 7.79. The number of carbonyl (C=O) groups is 1. The van der Waals surface area contributed by atoms with Crippen LogP contribution in [0.1, 0.15) is 39.7 Å². The van der Waals surface area contributed by atoms with E-state index in [1.165, 1.54) is 0 Å². The van der Waals surface area contributed by atoms with E-state index < -0.39 is 0 Å². The molecule has 3 nitrogen and oxygen atoms in total. The summed E-state index contributed by atoms with van der Waals surface area (Å²) in [5.74, 6) is 0.172. The smallest absolute Gasteiger partial charge is 0.222 e. The monoisotopic (exact) mass is 262 g/mol. The first-order chi connectivity index (χ1) is 8.73. The zero-order valence-electron chi connectivity index (χ0n) is 12.7. The molecule has 19 heavy (non-hydrogen) atoms. The number of carbonyl (C=O) groups excluding carboxylic acids is 1. The fourth-order valence-corrected chi connectivity index (χ4v) is 1.98. The van der Waals surface area contributed by atoms with Crippen molar-refractivity contribution in [2.45, 2.75) is 46.6 Å². The van der Waals surface area contributed by atoms with Crippen LogP contribution in [0, 0.1) is 5.41 Å². The van der Waals surface area contributed by atoms with E-state index in [0.717, 1.165) is 11.3 Å². The van der Waals surface area contributed by atoms with Gasteiger partial charge in [-0.05, 0) is 30.4 Å². The van der Waals surface area contributed by atoms with Crippen LogP contribution >= 0.6 is 0 Å². The van der Waals surface area contributed by atoms with Gasteiger partial charge in [-0.15, -0.1) is 0 Å². The van der Waals surface area contributed by atoms with Crippen molar-refractivity contribution >= 4 is 11.6 Å². The molecule has 0 spiro atoms. The molecular formula is C16H26N2O. The second-order valence-electron chi connectivity index (χ2n) is 6.25. The molecule has 1 atom stereocenters. The van der Waals surface area contributed by atoms with Gasteiger partial charge in [0.2, 0.25) is 5.91 Å². The Balaban J connectivity index is 2.59. The molecule has 0 bridgehead atoms. The van der Waals surface area contributed by atoms with Crippen molar-refractivity contribution in [1.82, 2.24) is 4.90 Å². The number of anilines is 1. The fraction of sp³-hybridized carbons (Fsp3) is 0.562. The minimum atomic E-state index is 0.0934. The number of nitrogens with zero attached hydrogens (tertiary/aromatic N) is 1. The summed E-state index contributed by atoms with van der Waals surface area (Å²) in [7, 11) is 1.88. The first-order valence-corrected chi connectivity index (χ1v) is 6.82. The number of amides is 1. The van der Waals surface area contributed by atoms with E-state index in [2.05, 4.69) is 27.7 Å². The summed E-state index contributed by atoms with van der Waals surface area (Å²) < 4.78 is 0. The second kappa shape index (κ2) is 6.09. The van der Waals surface area contributed by atoms with Crippen molar-refractivity contribution in [1.29, 1.82) is 0 Å². The van der Waals surface area contributed by atoms with Gasteiger partial charge in [-0.2, -0.15) is 0 Å². The predicted molar refractivity (Wildman–Crippen MR) is 80.9 cm³/mol. The third-order valence-corrected chi connectivity index (χ3v) is 3.89. The van der Waals surface area contributed by atoms with Gasteiger partial charge in [0.15, 0.2) is 0 Å². The molecule has 0 aromatic heterocycles. The Labute approximate surface area is 116 Å². The molecule has 0 saturated carbocycles. The van der Waals surface area contributed by atoms with E-state index in [4.69, 9.17) is 5.73 Å². The molecule has 1 rings (SSSR count). The van der Waals surface area contributed by atoms with Crippen molar-refractivity contribution in [3.63, 3.8) is 0 Å². The maximum absolute atomic E-state index is 12.2. The molecule has 2 N–H and O–H groups in total. The van der Waals surface area contributed by atoms with Gasteiger partial charge >= 0.3 is 0 Å². The summed E-state index contributed by atoms with van der Waals surface area (Å²) >= 11 is 0. The minimum absolute atomic E-state index is 0.0934. The number of para-hydroxylation sites is 1. The normalized spacial score (nSPS) is 13.1. The maximum Gasteiger partial charge on any atom is 0.222 e. The number of rotatable bonds is 4. The molecule has 0 saturated heterocycles. The average molecular weight is 262 g/mol. The van der Waals surface area contributed by atoms with Gasteiger partial charge in [-0.25, -0.2) is 0 Å². The third-order valence-electron chi connectivity index (χ3n) is 3.89. The van der Waals surface area contributed by atoms with Crippen LogP contribution in [-0.2, 0) is 11.2 Å². The Bertz CT molecular complexity index is 435. The summed E-state index contributed by atoms with van der Waals surface area (Å²) in [5, 5.41) is 0. The lowest BCUT2D eigenvalue weighted by atomic mass is 9.87. The third kappa shape index (κ3) is 4.27. The number of benzene rings is 1. The van der Waals surface area contributed by atoms with E-state index in [0.29, 0.717) is 12.8 Å². The summed E-state index contributed by atoms with van der Waals surface area (Å²) in [6, 6.07) is 7.94. The highest BCUT2D eigenvalue weighted by Gasteiger charge is 2.26. The van der Waals surface area contributed by atoms with Gasteiger partial charge in [0.05, 0.1) is 0 Å². The molecule has 0 aliphatic rings. The predicted octanol–water partition coefficient (Wildman–Crippen LogP) is 3.09. The molecule has 1 aromatic carbocycles. The topological polar surface area (TPSA) is 46.3 Å². The van der Waals surface area contributed by atoms with Gasteiger partial charge < -0.3 is 10.6 Å². The number of nitrogen functional groups attached to an aromatic ring is 1. The Morgan fingerprint density at radius 2 is 1.89 bits per heavy atom. The van der Waals surface area contributed by atoms with Crippen LogP contribution in [0.15, 0.2) is 24.3 Å². The lowest BCUT2D eigenvalue weighted by Crippen LogP contribution is -2.43. The first kappa shape index (κ1) is 15.5. The highest BCUT2D eigenvalue weighted by atomic mass is 16.2. The highest BCUT2D eigenvalue weighted by Crippen LogP contribution is 2.23. The van der Waals surface area contributed by atoms with Crippen molar-refractivity contribution in [2.24, 2.45) is 5.41 Å². The minimum Gasteiger partial charge on any atom is -0.399 e. The van der Waals surface area contributed by atoms with Gasteiger partial charge in [-0.1, -0.05) is 39.0 Å². The SMILES string of the molecule is CC(N(C)C(=O)CCc1ccccc1N)C(C)(C)C. The average Bonchev–Trinajstić information content (AvgIpc) is 2.34. The second-order valence-corrected chi connectivity index (χ2v) is 6.25.